The van der Waals surface area contributed by atoms with Gasteiger partial charge in [-0.25, -0.2) is 0 Å². The highest BCUT2D eigenvalue weighted by molar-refractivity contribution is 5.38. The summed E-state index contributed by atoms with van der Waals surface area (Å²) in [5, 5.41) is 0. The first-order valence-electron chi connectivity index (χ1n) is 13.5. The lowest BCUT2D eigenvalue weighted by molar-refractivity contribution is -0.135. The van der Waals surface area contributed by atoms with Gasteiger partial charge in [-0.05, 0) is 91.8 Å². The molecule has 3 aliphatic rings. The van der Waals surface area contributed by atoms with Crippen molar-refractivity contribution in [3.63, 3.8) is 0 Å². The first-order chi connectivity index (χ1) is 14.7. The number of rotatable bonds is 7. The number of ether oxygens (including phenoxy) is 1. The fourth-order valence-electron chi connectivity index (χ4n) is 7.77. The molecule has 2 saturated carbocycles. The molecule has 0 radical (unpaired) electrons. The Kier molecular flexibility index (Phi) is 8.36. The Hall–Kier alpha value is -0.790. The molecule has 3 aliphatic carbocycles. The standard InChI is InChI=1S/C29H50O2/c1-21(2)9-7-10-22(3)27-14-13-24-11-8-12-25-19-26(31-20-30)16-18-28(25,5)23(4)15-17-29(24,27)6/h12,20-24,26-27H,7-11,13-19H2,1-6H3/b25-12-. The van der Waals surface area contributed by atoms with Crippen LogP contribution in [0, 0.1) is 40.4 Å². The molecule has 2 heteroatoms. The second kappa shape index (κ2) is 10.4. The lowest BCUT2D eigenvalue weighted by Crippen LogP contribution is -2.39. The van der Waals surface area contributed by atoms with Crippen LogP contribution in [-0.4, -0.2) is 12.6 Å². The molecule has 7 unspecified atom stereocenters. The van der Waals surface area contributed by atoms with E-state index in [1.165, 1.54) is 57.8 Å². The van der Waals surface area contributed by atoms with Crippen LogP contribution >= 0.6 is 0 Å². The van der Waals surface area contributed by atoms with Crippen molar-refractivity contribution in [2.24, 2.45) is 40.4 Å². The predicted octanol–water partition coefficient (Wildman–Crippen LogP) is 8.35. The summed E-state index contributed by atoms with van der Waals surface area (Å²) in [6, 6.07) is 0. The van der Waals surface area contributed by atoms with Crippen molar-refractivity contribution in [1.29, 1.82) is 0 Å². The number of carbonyl (C=O) groups is 1. The number of fused-ring (bicyclic) bond motifs is 2. The molecule has 178 valence electrons. The fraction of sp³-hybridized carbons (Fsp3) is 0.897. The van der Waals surface area contributed by atoms with Gasteiger partial charge in [0.15, 0.2) is 0 Å². The van der Waals surface area contributed by atoms with Gasteiger partial charge in [0.05, 0.1) is 0 Å². The van der Waals surface area contributed by atoms with Gasteiger partial charge in [0.25, 0.3) is 6.47 Å². The van der Waals surface area contributed by atoms with Crippen molar-refractivity contribution >= 4 is 6.47 Å². The normalized spacial score (nSPS) is 41.6. The monoisotopic (exact) mass is 430 g/mol. The lowest BCUT2D eigenvalue weighted by atomic mass is 9.58. The smallest absolute Gasteiger partial charge is 0.293 e. The van der Waals surface area contributed by atoms with E-state index < -0.39 is 0 Å². The van der Waals surface area contributed by atoms with E-state index in [1.807, 2.05) is 0 Å². The molecule has 7 atom stereocenters. The molecular formula is C29H50O2. The molecule has 0 saturated heterocycles. The highest BCUT2D eigenvalue weighted by Gasteiger charge is 2.49. The Balaban J connectivity index is 1.74. The minimum absolute atomic E-state index is 0.0970. The van der Waals surface area contributed by atoms with Gasteiger partial charge < -0.3 is 4.74 Å². The van der Waals surface area contributed by atoms with E-state index in [0.29, 0.717) is 17.8 Å². The van der Waals surface area contributed by atoms with E-state index >= 15 is 0 Å². The highest BCUT2D eigenvalue weighted by atomic mass is 16.5. The van der Waals surface area contributed by atoms with Crippen LogP contribution in [0.2, 0.25) is 0 Å². The summed E-state index contributed by atoms with van der Waals surface area (Å²) in [5.74, 6) is 4.18. The van der Waals surface area contributed by atoms with Crippen molar-refractivity contribution in [3.05, 3.63) is 11.6 Å². The van der Waals surface area contributed by atoms with E-state index in [2.05, 4.69) is 47.6 Å². The topological polar surface area (TPSA) is 26.3 Å². The summed E-state index contributed by atoms with van der Waals surface area (Å²) < 4.78 is 5.39. The zero-order valence-corrected chi connectivity index (χ0v) is 21.4. The minimum Gasteiger partial charge on any atom is -0.464 e. The van der Waals surface area contributed by atoms with E-state index in [4.69, 9.17) is 4.74 Å². The average molecular weight is 431 g/mol. The van der Waals surface area contributed by atoms with Crippen LogP contribution in [0.25, 0.3) is 0 Å². The predicted molar refractivity (Wildman–Crippen MR) is 131 cm³/mol. The Morgan fingerprint density at radius 2 is 1.84 bits per heavy atom. The zero-order chi connectivity index (χ0) is 22.6. The van der Waals surface area contributed by atoms with Gasteiger partial charge in [0.1, 0.15) is 6.10 Å². The van der Waals surface area contributed by atoms with Crippen molar-refractivity contribution in [3.8, 4) is 0 Å². The van der Waals surface area contributed by atoms with Crippen LogP contribution in [0.5, 0.6) is 0 Å². The lowest BCUT2D eigenvalue weighted by Gasteiger charge is -2.47. The molecule has 0 aromatic rings. The van der Waals surface area contributed by atoms with Gasteiger partial charge in [-0.15, -0.1) is 0 Å². The van der Waals surface area contributed by atoms with Crippen LogP contribution in [0.4, 0.5) is 0 Å². The molecule has 0 aliphatic heterocycles. The molecular weight excluding hydrogens is 380 g/mol. The molecule has 2 fully saturated rings. The van der Waals surface area contributed by atoms with E-state index in [-0.39, 0.29) is 11.5 Å². The first kappa shape index (κ1) is 24.8. The minimum atomic E-state index is 0.0970. The van der Waals surface area contributed by atoms with Crippen molar-refractivity contribution in [2.75, 3.05) is 0 Å². The van der Waals surface area contributed by atoms with Gasteiger partial charge in [-0.3, -0.25) is 4.79 Å². The molecule has 2 nitrogen and oxygen atoms in total. The van der Waals surface area contributed by atoms with E-state index in [0.717, 1.165) is 42.9 Å². The number of hydrogen-bond donors (Lipinski definition) is 0. The van der Waals surface area contributed by atoms with Crippen LogP contribution < -0.4 is 0 Å². The zero-order valence-electron chi connectivity index (χ0n) is 21.4. The highest BCUT2D eigenvalue weighted by Crippen LogP contribution is 2.58. The quantitative estimate of drug-likeness (QED) is 0.299. The largest absolute Gasteiger partial charge is 0.464 e. The number of allylic oxidation sites excluding steroid dienone is 1. The van der Waals surface area contributed by atoms with Crippen LogP contribution in [0.15, 0.2) is 11.6 Å². The maximum Gasteiger partial charge on any atom is 0.293 e. The molecule has 31 heavy (non-hydrogen) atoms. The first-order valence-corrected chi connectivity index (χ1v) is 13.5. The maximum atomic E-state index is 10.9. The van der Waals surface area contributed by atoms with Crippen molar-refractivity contribution < 1.29 is 9.53 Å². The fourth-order valence-corrected chi connectivity index (χ4v) is 7.77. The molecule has 0 N–H and O–H groups in total. The van der Waals surface area contributed by atoms with E-state index in [9.17, 15) is 4.79 Å². The van der Waals surface area contributed by atoms with Gasteiger partial charge >= 0.3 is 0 Å². The number of hydrogen-bond acceptors (Lipinski definition) is 2. The summed E-state index contributed by atoms with van der Waals surface area (Å²) in [6.45, 7) is 15.6. The Bertz CT molecular complexity index is 622. The molecule has 0 heterocycles. The Labute approximate surface area is 193 Å². The maximum absolute atomic E-state index is 10.9. The van der Waals surface area contributed by atoms with Crippen LogP contribution in [0.1, 0.15) is 119 Å². The Morgan fingerprint density at radius 1 is 1.06 bits per heavy atom. The third-order valence-electron chi connectivity index (χ3n) is 10.3. The summed E-state index contributed by atoms with van der Waals surface area (Å²) in [7, 11) is 0. The molecule has 3 rings (SSSR count). The molecule has 0 bridgehead atoms. The van der Waals surface area contributed by atoms with Gasteiger partial charge in [0, 0.05) is 6.42 Å². The summed E-state index contributed by atoms with van der Waals surface area (Å²) in [6.07, 6.45) is 18.2. The second-order valence-electron chi connectivity index (χ2n) is 12.4. The second-order valence-corrected chi connectivity index (χ2v) is 12.4. The third kappa shape index (κ3) is 5.41. The molecule has 0 amide bonds. The molecule has 0 spiro atoms. The summed E-state index contributed by atoms with van der Waals surface area (Å²) in [4.78, 5) is 10.9. The van der Waals surface area contributed by atoms with Gasteiger partial charge in [-0.1, -0.05) is 72.5 Å². The van der Waals surface area contributed by atoms with Crippen LogP contribution in [0.3, 0.4) is 0 Å². The summed E-state index contributed by atoms with van der Waals surface area (Å²) >= 11 is 0. The Morgan fingerprint density at radius 3 is 2.55 bits per heavy atom. The van der Waals surface area contributed by atoms with Crippen molar-refractivity contribution in [1.82, 2.24) is 0 Å². The van der Waals surface area contributed by atoms with E-state index in [1.54, 1.807) is 5.57 Å². The van der Waals surface area contributed by atoms with Crippen LogP contribution in [-0.2, 0) is 9.53 Å². The van der Waals surface area contributed by atoms with Gasteiger partial charge in [-0.2, -0.15) is 0 Å². The summed E-state index contributed by atoms with van der Waals surface area (Å²) in [5.41, 5.74) is 2.38. The number of carbonyl (C=O) groups excluding carboxylic acids is 1. The van der Waals surface area contributed by atoms with Gasteiger partial charge in [0.2, 0.25) is 0 Å². The molecule has 0 aromatic heterocycles. The average Bonchev–Trinajstić information content (AvgIpc) is 3.04. The molecule has 0 aromatic carbocycles. The third-order valence-corrected chi connectivity index (χ3v) is 10.3. The SMILES string of the molecule is CC(C)CCCC(C)C1CCC2CC/C=C3/CC(OC=O)CCC3(C)C(C)CCC21C. The van der Waals surface area contributed by atoms with Crippen molar-refractivity contribution in [2.45, 2.75) is 125 Å².